The molecule has 1 aliphatic heterocycles. The molecule has 0 saturated carbocycles. The molecule has 0 fully saturated rings. The monoisotopic (exact) mass is 430 g/mol. The third-order valence-corrected chi connectivity index (χ3v) is 6.05. The lowest BCUT2D eigenvalue weighted by atomic mass is 9.99. The minimum Gasteiger partial charge on any atom is -0.483 e. The Kier molecular flexibility index (Phi) is 5.41. The van der Waals surface area contributed by atoms with Crippen LogP contribution in [0.4, 0.5) is 4.39 Å². The normalized spacial score (nSPS) is 15.6. The maximum Gasteiger partial charge on any atom is 0.297 e. The van der Waals surface area contributed by atoms with Crippen LogP contribution in [0.1, 0.15) is 5.56 Å². The average Bonchev–Trinajstić information content (AvgIpc) is 2.73. The van der Waals surface area contributed by atoms with Crippen molar-refractivity contribution in [1.82, 2.24) is 0 Å². The summed E-state index contributed by atoms with van der Waals surface area (Å²) in [7, 11) is -3.91. The fraction of sp³-hybridized carbons (Fsp3) is 0.0909. The second-order valence-electron chi connectivity index (χ2n) is 6.42. The van der Waals surface area contributed by atoms with Gasteiger partial charge in [0, 0.05) is 21.7 Å². The molecule has 0 radical (unpaired) electrons. The zero-order valence-corrected chi connectivity index (χ0v) is 16.7. The van der Waals surface area contributed by atoms with Gasteiger partial charge >= 0.3 is 0 Å². The number of hydrogen-bond acceptors (Lipinski definition) is 4. The Morgan fingerprint density at radius 1 is 1.00 bits per heavy atom. The van der Waals surface area contributed by atoms with Crippen LogP contribution in [0, 0.1) is 5.82 Å². The van der Waals surface area contributed by atoms with E-state index in [1.54, 1.807) is 54.6 Å². The van der Waals surface area contributed by atoms with E-state index in [1.165, 1.54) is 24.3 Å². The van der Waals surface area contributed by atoms with Crippen LogP contribution in [0.15, 0.2) is 77.7 Å². The quantitative estimate of drug-likeness (QED) is 0.514. The van der Waals surface area contributed by atoms with E-state index in [0.717, 1.165) is 0 Å². The molecular formula is C22H16ClFO4S. The van der Waals surface area contributed by atoms with Gasteiger partial charge in [-0.1, -0.05) is 54.1 Å². The molecule has 0 bridgehead atoms. The number of halogens is 2. The van der Waals surface area contributed by atoms with Gasteiger partial charge in [0.05, 0.1) is 4.90 Å². The van der Waals surface area contributed by atoms with Crippen LogP contribution >= 0.6 is 11.6 Å². The van der Waals surface area contributed by atoms with Gasteiger partial charge in [0.1, 0.15) is 24.3 Å². The Balaban J connectivity index is 1.60. The SMILES string of the molecule is O=S(=O)(OC[C@H]1C=Cc2cc(F)cc(-c3ccccc3Cl)c2O1)c1ccccc1. The summed E-state index contributed by atoms with van der Waals surface area (Å²) in [5, 5.41) is 0.456. The standard InChI is InChI=1S/C22H16ClFO4S/c23-21-9-5-4-8-19(21)20-13-16(24)12-15-10-11-17(28-22(15)20)14-27-29(25,26)18-6-2-1-3-7-18/h1-13,17H,14H2/t17-/m1/s1. The highest BCUT2D eigenvalue weighted by Gasteiger charge is 2.24. The van der Waals surface area contributed by atoms with Crippen LogP contribution in [0.3, 0.4) is 0 Å². The Bertz CT molecular complexity index is 1180. The zero-order valence-electron chi connectivity index (χ0n) is 15.1. The Labute approximate surface area is 173 Å². The van der Waals surface area contributed by atoms with E-state index >= 15 is 0 Å². The van der Waals surface area contributed by atoms with Crippen molar-refractivity contribution < 1.29 is 21.7 Å². The zero-order chi connectivity index (χ0) is 20.4. The van der Waals surface area contributed by atoms with Crippen molar-refractivity contribution in [3.8, 4) is 16.9 Å². The summed E-state index contributed by atoms with van der Waals surface area (Å²) in [6.45, 7) is -0.216. The van der Waals surface area contributed by atoms with Crippen molar-refractivity contribution in [3.05, 3.63) is 89.2 Å². The summed E-state index contributed by atoms with van der Waals surface area (Å²) < 4.78 is 49.9. The van der Waals surface area contributed by atoms with Crippen LogP contribution in [-0.2, 0) is 14.3 Å². The molecule has 0 N–H and O–H groups in total. The summed E-state index contributed by atoms with van der Waals surface area (Å²) >= 11 is 6.28. The molecule has 0 saturated heterocycles. The van der Waals surface area contributed by atoms with Gasteiger partial charge in [0.15, 0.2) is 0 Å². The predicted octanol–water partition coefficient (Wildman–Crippen LogP) is 5.33. The third-order valence-electron chi connectivity index (χ3n) is 4.43. The molecule has 0 spiro atoms. The first kappa shape index (κ1) is 19.6. The number of ether oxygens (including phenoxy) is 1. The highest BCUT2D eigenvalue weighted by Crippen LogP contribution is 2.40. The minimum absolute atomic E-state index is 0.0685. The Hall–Kier alpha value is -2.67. The number of benzene rings is 3. The number of hydrogen-bond donors (Lipinski definition) is 0. The van der Waals surface area contributed by atoms with E-state index in [4.69, 9.17) is 20.5 Å². The second-order valence-corrected chi connectivity index (χ2v) is 8.44. The molecule has 3 aromatic carbocycles. The molecule has 4 nitrogen and oxygen atoms in total. The first-order valence-corrected chi connectivity index (χ1v) is 10.6. The van der Waals surface area contributed by atoms with Crippen LogP contribution in [0.25, 0.3) is 17.2 Å². The predicted molar refractivity (Wildman–Crippen MR) is 110 cm³/mol. The fourth-order valence-corrected chi connectivity index (χ4v) is 4.23. The van der Waals surface area contributed by atoms with Gasteiger partial charge in [0.25, 0.3) is 10.1 Å². The van der Waals surface area contributed by atoms with Gasteiger partial charge in [-0.15, -0.1) is 0 Å². The van der Waals surface area contributed by atoms with E-state index in [2.05, 4.69) is 0 Å². The molecule has 7 heteroatoms. The smallest absolute Gasteiger partial charge is 0.297 e. The van der Waals surface area contributed by atoms with Crippen LogP contribution in [0.5, 0.6) is 5.75 Å². The maximum absolute atomic E-state index is 14.1. The average molecular weight is 431 g/mol. The lowest BCUT2D eigenvalue weighted by molar-refractivity contribution is 0.166. The molecule has 0 aromatic heterocycles. The van der Waals surface area contributed by atoms with Crippen LogP contribution < -0.4 is 4.74 Å². The molecular weight excluding hydrogens is 415 g/mol. The van der Waals surface area contributed by atoms with Crippen molar-refractivity contribution in [2.75, 3.05) is 6.61 Å². The van der Waals surface area contributed by atoms with E-state index in [0.29, 0.717) is 27.5 Å². The first-order chi connectivity index (χ1) is 13.9. The molecule has 0 amide bonds. The van der Waals surface area contributed by atoms with Crippen LogP contribution in [0.2, 0.25) is 5.02 Å². The summed E-state index contributed by atoms with van der Waals surface area (Å²) in [4.78, 5) is 0.0685. The first-order valence-electron chi connectivity index (χ1n) is 8.82. The van der Waals surface area contributed by atoms with E-state index in [9.17, 15) is 12.8 Å². The van der Waals surface area contributed by atoms with E-state index < -0.39 is 22.0 Å². The molecule has 29 heavy (non-hydrogen) atoms. The Morgan fingerprint density at radius 2 is 1.72 bits per heavy atom. The number of rotatable bonds is 5. The van der Waals surface area contributed by atoms with Crippen molar-refractivity contribution in [2.24, 2.45) is 0 Å². The second kappa shape index (κ2) is 7.99. The third kappa shape index (κ3) is 4.19. The fourth-order valence-electron chi connectivity index (χ4n) is 3.05. The van der Waals surface area contributed by atoms with Gasteiger partial charge in [-0.05, 0) is 36.4 Å². The van der Waals surface area contributed by atoms with Gasteiger partial charge in [-0.25, -0.2) is 4.39 Å². The molecule has 0 aliphatic carbocycles. The summed E-state index contributed by atoms with van der Waals surface area (Å²) in [6.07, 6.45) is 2.66. The molecule has 1 atom stereocenters. The highest BCUT2D eigenvalue weighted by molar-refractivity contribution is 7.86. The van der Waals surface area contributed by atoms with Crippen LogP contribution in [-0.4, -0.2) is 21.1 Å². The van der Waals surface area contributed by atoms with E-state index in [1.807, 2.05) is 0 Å². The molecule has 1 aliphatic rings. The highest BCUT2D eigenvalue weighted by atomic mass is 35.5. The molecule has 1 heterocycles. The topological polar surface area (TPSA) is 52.6 Å². The number of fused-ring (bicyclic) bond motifs is 1. The summed E-state index contributed by atoms with van der Waals surface area (Å²) in [5.41, 5.74) is 1.66. The van der Waals surface area contributed by atoms with Gasteiger partial charge in [-0.3, -0.25) is 4.18 Å². The molecule has 3 aromatic rings. The van der Waals surface area contributed by atoms with Gasteiger partial charge < -0.3 is 4.74 Å². The molecule has 4 rings (SSSR count). The van der Waals surface area contributed by atoms with Crippen molar-refractivity contribution >= 4 is 27.8 Å². The van der Waals surface area contributed by atoms with Gasteiger partial charge in [-0.2, -0.15) is 8.42 Å². The summed E-state index contributed by atoms with van der Waals surface area (Å²) in [6, 6.07) is 17.6. The minimum atomic E-state index is -3.91. The Morgan fingerprint density at radius 3 is 2.48 bits per heavy atom. The molecule has 148 valence electrons. The van der Waals surface area contributed by atoms with Crippen molar-refractivity contribution in [1.29, 1.82) is 0 Å². The summed E-state index contributed by atoms with van der Waals surface area (Å²) in [5.74, 6) is 0.000911. The molecule has 0 unspecified atom stereocenters. The van der Waals surface area contributed by atoms with Crippen molar-refractivity contribution in [2.45, 2.75) is 11.0 Å². The maximum atomic E-state index is 14.1. The van der Waals surface area contributed by atoms with E-state index in [-0.39, 0.29) is 11.5 Å². The lowest BCUT2D eigenvalue weighted by Crippen LogP contribution is -2.25. The van der Waals surface area contributed by atoms with Crippen molar-refractivity contribution in [3.63, 3.8) is 0 Å². The lowest BCUT2D eigenvalue weighted by Gasteiger charge is -2.24. The van der Waals surface area contributed by atoms with Gasteiger partial charge in [0.2, 0.25) is 0 Å². The largest absolute Gasteiger partial charge is 0.483 e.